The van der Waals surface area contributed by atoms with Crippen molar-refractivity contribution < 1.29 is 5.11 Å². The summed E-state index contributed by atoms with van der Waals surface area (Å²) >= 11 is 1.63. The lowest BCUT2D eigenvalue weighted by Crippen LogP contribution is -2.42. The minimum absolute atomic E-state index is 0.470. The lowest BCUT2D eigenvalue weighted by molar-refractivity contribution is 0.0533. The molecule has 1 aliphatic carbocycles. The number of aliphatic hydroxyl groups is 1. The summed E-state index contributed by atoms with van der Waals surface area (Å²) in [5, 5.41) is 18.3. The molecule has 1 aromatic carbocycles. The predicted molar refractivity (Wildman–Crippen MR) is 88.6 cm³/mol. The van der Waals surface area contributed by atoms with Crippen LogP contribution in [0.25, 0.3) is 0 Å². The highest BCUT2D eigenvalue weighted by molar-refractivity contribution is 7.08. The smallest absolute Gasteiger partial charge is 0.1000 e. The van der Waals surface area contributed by atoms with E-state index in [4.69, 9.17) is 0 Å². The third-order valence-corrected chi connectivity index (χ3v) is 5.02. The Balaban J connectivity index is 1.61. The molecule has 2 nitrogen and oxygen atoms in total. The molecule has 2 N–H and O–H groups in total. The van der Waals surface area contributed by atoms with Crippen LogP contribution in [0.4, 0.5) is 0 Å². The van der Waals surface area contributed by atoms with Gasteiger partial charge in [0.1, 0.15) is 0 Å². The van der Waals surface area contributed by atoms with Gasteiger partial charge in [-0.1, -0.05) is 30.3 Å². The summed E-state index contributed by atoms with van der Waals surface area (Å²) in [5.41, 5.74) is 1.59. The first-order chi connectivity index (χ1) is 10.1. The van der Waals surface area contributed by atoms with Gasteiger partial charge in [0.15, 0.2) is 0 Å². The molecule has 2 atom stereocenters. The molecule has 2 aromatic rings. The zero-order valence-electron chi connectivity index (χ0n) is 12.5. The van der Waals surface area contributed by atoms with Crippen molar-refractivity contribution >= 4 is 11.3 Å². The maximum atomic E-state index is 10.6. The van der Waals surface area contributed by atoms with E-state index in [0.717, 1.165) is 17.9 Å². The molecule has 0 radical (unpaired) electrons. The number of thiophene rings is 1. The van der Waals surface area contributed by atoms with Gasteiger partial charge in [0, 0.05) is 12.6 Å². The van der Waals surface area contributed by atoms with Crippen molar-refractivity contribution in [3.8, 4) is 0 Å². The normalized spacial score (nSPS) is 19.1. The monoisotopic (exact) mass is 301 g/mol. The summed E-state index contributed by atoms with van der Waals surface area (Å²) in [6, 6.07) is 13.1. The van der Waals surface area contributed by atoms with E-state index in [-0.39, 0.29) is 0 Å². The summed E-state index contributed by atoms with van der Waals surface area (Å²) < 4.78 is 0. The van der Waals surface area contributed by atoms with E-state index in [1.54, 1.807) is 11.3 Å². The van der Waals surface area contributed by atoms with Gasteiger partial charge in [-0.3, -0.25) is 0 Å². The molecule has 21 heavy (non-hydrogen) atoms. The summed E-state index contributed by atoms with van der Waals surface area (Å²) in [5.74, 6) is 0.767. The zero-order chi connectivity index (χ0) is 14.7. The van der Waals surface area contributed by atoms with E-state index in [2.05, 4.69) is 35.6 Å². The first kappa shape index (κ1) is 14.8. The average molecular weight is 301 g/mol. The largest absolute Gasteiger partial charge is 0.384 e. The van der Waals surface area contributed by atoms with Crippen LogP contribution < -0.4 is 5.32 Å². The van der Waals surface area contributed by atoms with Gasteiger partial charge >= 0.3 is 0 Å². The van der Waals surface area contributed by atoms with Crippen molar-refractivity contribution in [3.05, 3.63) is 58.3 Å². The van der Waals surface area contributed by atoms with Crippen LogP contribution in [0.5, 0.6) is 0 Å². The first-order valence-electron chi connectivity index (χ1n) is 7.67. The molecule has 1 fully saturated rings. The number of hydrogen-bond acceptors (Lipinski definition) is 3. The molecule has 0 spiro atoms. The van der Waals surface area contributed by atoms with E-state index in [1.807, 2.05) is 23.8 Å². The van der Waals surface area contributed by atoms with Gasteiger partial charge in [-0.05, 0) is 60.1 Å². The fraction of sp³-hybridized carbons (Fsp3) is 0.444. The van der Waals surface area contributed by atoms with Gasteiger partial charge < -0.3 is 10.4 Å². The lowest BCUT2D eigenvalue weighted by atomic mass is 9.97. The SMILES string of the molecule is CC(O)(CNC(Cc1ccccc1)C1CC1)c1ccsc1. The molecule has 1 aromatic heterocycles. The quantitative estimate of drug-likeness (QED) is 0.819. The van der Waals surface area contributed by atoms with E-state index >= 15 is 0 Å². The Labute approximate surface area is 130 Å². The van der Waals surface area contributed by atoms with E-state index in [9.17, 15) is 5.11 Å². The molecule has 2 unspecified atom stereocenters. The lowest BCUT2D eigenvalue weighted by Gasteiger charge is -2.27. The van der Waals surface area contributed by atoms with Crippen molar-refractivity contribution in [1.82, 2.24) is 5.32 Å². The van der Waals surface area contributed by atoms with Gasteiger partial charge in [-0.2, -0.15) is 11.3 Å². The molecular formula is C18H23NOS. The molecule has 1 heterocycles. The van der Waals surface area contributed by atoms with Crippen molar-refractivity contribution in [2.75, 3.05) is 6.54 Å². The van der Waals surface area contributed by atoms with Crippen molar-refractivity contribution in [1.29, 1.82) is 0 Å². The summed E-state index contributed by atoms with van der Waals surface area (Å²) in [7, 11) is 0. The Bertz CT molecular complexity index is 546. The minimum Gasteiger partial charge on any atom is -0.384 e. The highest BCUT2D eigenvalue weighted by atomic mass is 32.1. The maximum Gasteiger partial charge on any atom is 0.1000 e. The minimum atomic E-state index is -0.788. The number of rotatable bonds is 7. The van der Waals surface area contributed by atoms with Crippen LogP contribution in [0.1, 0.15) is 30.9 Å². The van der Waals surface area contributed by atoms with Crippen LogP contribution in [-0.2, 0) is 12.0 Å². The van der Waals surface area contributed by atoms with Crippen molar-refractivity contribution in [3.63, 3.8) is 0 Å². The average Bonchev–Trinajstić information content (AvgIpc) is 3.17. The molecule has 0 aliphatic heterocycles. The second kappa shape index (κ2) is 6.30. The Morgan fingerprint density at radius 1 is 1.29 bits per heavy atom. The van der Waals surface area contributed by atoms with Crippen LogP contribution in [0.2, 0.25) is 0 Å². The van der Waals surface area contributed by atoms with E-state index in [1.165, 1.54) is 18.4 Å². The molecule has 1 aliphatic rings. The van der Waals surface area contributed by atoms with Gasteiger partial charge in [0.25, 0.3) is 0 Å². The van der Waals surface area contributed by atoms with Crippen LogP contribution >= 0.6 is 11.3 Å². The van der Waals surface area contributed by atoms with Gasteiger partial charge in [-0.15, -0.1) is 0 Å². The zero-order valence-corrected chi connectivity index (χ0v) is 13.3. The molecule has 1 saturated carbocycles. The Hall–Kier alpha value is -1.16. The topological polar surface area (TPSA) is 32.3 Å². The van der Waals surface area contributed by atoms with Crippen LogP contribution in [-0.4, -0.2) is 17.7 Å². The molecule has 3 heteroatoms. The van der Waals surface area contributed by atoms with Gasteiger partial charge in [-0.25, -0.2) is 0 Å². The number of nitrogens with one attached hydrogen (secondary N) is 1. The summed E-state index contributed by atoms with van der Waals surface area (Å²) in [4.78, 5) is 0. The third-order valence-electron chi connectivity index (χ3n) is 4.34. The molecule has 3 rings (SSSR count). The fourth-order valence-electron chi connectivity index (χ4n) is 2.77. The van der Waals surface area contributed by atoms with Gasteiger partial charge in [0.2, 0.25) is 0 Å². The Morgan fingerprint density at radius 3 is 2.67 bits per heavy atom. The maximum absolute atomic E-state index is 10.6. The van der Waals surface area contributed by atoms with E-state index in [0.29, 0.717) is 12.6 Å². The van der Waals surface area contributed by atoms with Crippen molar-refractivity contribution in [2.45, 2.75) is 37.8 Å². The number of hydrogen-bond donors (Lipinski definition) is 2. The Kier molecular flexibility index (Phi) is 4.43. The van der Waals surface area contributed by atoms with E-state index < -0.39 is 5.60 Å². The molecule has 0 amide bonds. The predicted octanol–water partition coefficient (Wildman–Crippen LogP) is 3.57. The highest BCUT2D eigenvalue weighted by Gasteiger charge is 2.33. The fourth-order valence-corrected chi connectivity index (χ4v) is 3.56. The molecule has 0 bridgehead atoms. The summed E-state index contributed by atoms with van der Waals surface area (Å²) in [6.07, 6.45) is 3.67. The summed E-state index contributed by atoms with van der Waals surface area (Å²) in [6.45, 7) is 2.51. The Morgan fingerprint density at radius 2 is 2.05 bits per heavy atom. The van der Waals surface area contributed by atoms with Crippen LogP contribution in [0.15, 0.2) is 47.2 Å². The molecule has 0 saturated heterocycles. The molecule has 112 valence electrons. The second-order valence-corrected chi connectivity index (χ2v) is 7.08. The third kappa shape index (κ3) is 3.94. The molecular weight excluding hydrogens is 278 g/mol. The number of benzene rings is 1. The van der Waals surface area contributed by atoms with Crippen molar-refractivity contribution in [2.24, 2.45) is 5.92 Å². The van der Waals surface area contributed by atoms with Crippen LogP contribution in [0, 0.1) is 5.92 Å². The van der Waals surface area contributed by atoms with Gasteiger partial charge in [0.05, 0.1) is 5.60 Å². The first-order valence-corrected chi connectivity index (χ1v) is 8.62. The second-order valence-electron chi connectivity index (χ2n) is 6.30. The standard InChI is InChI=1S/C18H23NOS/c1-18(20,16-9-10-21-12-16)13-19-17(15-7-8-15)11-14-5-3-2-4-6-14/h2-6,9-10,12,15,17,19-20H,7-8,11,13H2,1H3. The highest BCUT2D eigenvalue weighted by Crippen LogP contribution is 2.34. The van der Waals surface area contributed by atoms with Crippen LogP contribution in [0.3, 0.4) is 0 Å².